The maximum Gasteiger partial charge on any atom is 0.445 e. The van der Waals surface area contributed by atoms with Gasteiger partial charge in [0.1, 0.15) is 0 Å². The Labute approximate surface area is 107 Å². The second-order valence-corrected chi connectivity index (χ2v) is 4.04. The fraction of sp³-hybridized carbons (Fsp3) is 0.125. The van der Waals surface area contributed by atoms with Crippen molar-refractivity contribution in [3.8, 4) is 0 Å². The third-order valence-electron chi connectivity index (χ3n) is 1.68. The summed E-state index contributed by atoms with van der Waals surface area (Å²) >= 11 is 0.219. The van der Waals surface area contributed by atoms with Crippen molar-refractivity contribution in [2.75, 3.05) is 10.6 Å². The van der Waals surface area contributed by atoms with Crippen LogP contribution in [0.5, 0.6) is 0 Å². The van der Waals surface area contributed by atoms with Crippen molar-refractivity contribution in [3.63, 3.8) is 0 Å². The van der Waals surface area contributed by atoms with Crippen molar-refractivity contribution in [2.24, 2.45) is 0 Å². The van der Waals surface area contributed by atoms with Crippen LogP contribution in [0.15, 0.2) is 18.5 Å². The molecule has 0 aliphatic carbocycles. The van der Waals surface area contributed by atoms with Crippen molar-refractivity contribution in [2.45, 2.75) is 6.18 Å². The smallest absolute Gasteiger partial charge is 0.282 e. The molecular formula is C8H5F3N6OS. The molecule has 0 aliphatic rings. The normalized spacial score (nSPS) is 11.1. The number of rotatable bonds is 2. The number of hydrogen-bond donors (Lipinski definition) is 2. The van der Waals surface area contributed by atoms with E-state index < -0.39 is 17.2 Å². The van der Waals surface area contributed by atoms with Gasteiger partial charge < -0.3 is 0 Å². The van der Waals surface area contributed by atoms with Gasteiger partial charge in [0.15, 0.2) is 0 Å². The average Bonchev–Trinajstić information content (AvgIpc) is 2.78. The van der Waals surface area contributed by atoms with E-state index in [9.17, 15) is 18.0 Å². The van der Waals surface area contributed by atoms with Crippen LogP contribution in [0.1, 0.15) is 5.01 Å². The Hall–Kier alpha value is -2.30. The van der Waals surface area contributed by atoms with E-state index in [-0.39, 0.29) is 22.4 Å². The minimum absolute atomic E-state index is 0.0144. The SMILES string of the molecule is O=C(Nc1ncccn1)Nc1nnc(C(F)(F)F)s1. The van der Waals surface area contributed by atoms with Gasteiger partial charge in [0.25, 0.3) is 0 Å². The lowest BCUT2D eigenvalue weighted by Gasteiger charge is -2.02. The fourth-order valence-corrected chi connectivity index (χ4v) is 1.59. The van der Waals surface area contributed by atoms with Gasteiger partial charge in [0.2, 0.25) is 16.1 Å². The van der Waals surface area contributed by atoms with Crippen LogP contribution in [0.25, 0.3) is 0 Å². The van der Waals surface area contributed by atoms with E-state index in [1.54, 1.807) is 6.07 Å². The van der Waals surface area contributed by atoms with E-state index in [1.165, 1.54) is 12.4 Å². The predicted molar refractivity (Wildman–Crippen MR) is 59.6 cm³/mol. The zero-order chi connectivity index (χ0) is 13.9. The Balaban J connectivity index is 1.98. The number of carbonyl (C=O) groups is 1. The molecule has 0 bridgehead atoms. The molecule has 0 aromatic carbocycles. The standard InChI is InChI=1S/C8H5F3N6OS/c9-8(10,11)4-16-17-7(19-4)15-6(18)14-5-12-2-1-3-13-5/h1-3H,(H2,12,13,14,15,17,18). The zero-order valence-corrected chi connectivity index (χ0v) is 9.79. The van der Waals surface area contributed by atoms with Gasteiger partial charge in [-0.2, -0.15) is 13.2 Å². The Bertz CT molecular complexity index is 571. The monoisotopic (exact) mass is 290 g/mol. The first-order chi connectivity index (χ1) is 8.95. The molecular weight excluding hydrogens is 285 g/mol. The van der Waals surface area contributed by atoms with Crippen molar-refractivity contribution in [1.82, 2.24) is 20.2 Å². The minimum atomic E-state index is -4.59. The molecule has 0 radical (unpaired) electrons. The second kappa shape index (κ2) is 5.14. The second-order valence-electron chi connectivity index (χ2n) is 3.06. The first-order valence-electron chi connectivity index (χ1n) is 4.71. The third-order valence-corrected chi connectivity index (χ3v) is 2.56. The highest BCUT2D eigenvalue weighted by atomic mass is 32.1. The molecule has 0 unspecified atom stereocenters. The van der Waals surface area contributed by atoms with E-state index in [0.717, 1.165) is 0 Å². The van der Waals surface area contributed by atoms with Crippen molar-refractivity contribution in [3.05, 3.63) is 23.5 Å². The number of aromatic nitrogens is 4. The van der Waals surface area contributed by atoms with Gasteiger partial charge in [-0.3, -0.25) is 10.6 Å². The average molecular weight is 290 g/mol. The lowest BCUT2D eigenvalue weighted by molar-refractivity contribution is -0.138. The number of carbonyl (C=O) groups excluding carboxylic acids is 1. The number of amides is 2. The van der Waals surface area contributed by atoms with Crippen molar-refractivity contribution < 1.29 is 18.0 Å². The molecule has 2 rings (SSSR count). The van der Waals surface area contributed by atoms with Crippen LogP contribution in [0.4, 0.5) is 29.0 Å². The molecule has 0 fully saturated rings. The molecule has 2 aromatic heterocycles. The van der Waals surface area contributed by atoms with Gasteiger partial charge in [0.05, 0.1) is 0 Å². The summed E-state index contributed by atoms with van der Waals surface area (Å²) in [5.74, 6) is 0.0144. The number of nitrogens with one attached hydrogen (secondary N) is 2. The largest absolute Gasteiger partial charge is 0.445 e. The van der Waals surface area contributed by atoms with Crippen LogP contribution in [0.2, 0.25) is 0 Å². The third kappa shape index (κ3) is 3.58. The van der Waals surface area contributed by atoms with Gasteiger partial charge in [-0.1, -0.05) is 11.3 Å². The van der Waals surface area contributed by atoms with Crippen LogP contribution in [0.3, 0.4) is 0 Å². The number of urea groups is 1. The van der Waals surface area contributed by atoms with E-state index in [2.05, 4.69) is 30.8 Å². The van der Waals surface area contributed by atoms with Crippen molar-refractivity contribution >= 4 is 28.4 Å². The molecule has 0 saturated heterocycles. The molecule has 2 aromatic rings. The van der Waals surface area contributed by atoms with Crippen LogP contribution >= 0.6 is 11.3 Å². The Morgan fingerprint density at radius 2 is 1.84 bits per heavy atom. The summed E-state index contributed by atoms with van der Waals surface area (Å²) in [7, 11) is 0. The predicted octanol–water partition coefficient (Wildman–Crippen LogP) is 1.99. The molecule has 100 valence electrons. The number of nitrogens with zero attached hydrogens (tertiary/aromatic N) is 4. The molecule has 0 atom stereocenters. The highest BCUT2D eigenvalue weighted by Gasteiger charge is 2.35. The molecule has 19 heavy (non-hydrogen) atoms. The van der Waals surface area contributed by atoms with Gasteiger partial charge >= 0.3 is 12.2 Å². The summed E-state index contributed by atoms with van der Waals surface area (Å²) in [5, 5.41) is 9.02. The van der Waals surface area contributed by atoms with Crippen molar-refractivity contribution in [1.29, 1.82) is 0 Å². The zero-order valence-electron chi connectivity index (χ0n) is 8.97. The molecule has 7 nitrogen and oxygen atoms in total. The van der Waals surface area contributed by atoms with Gasteiger partial charge in [-0.25, -0.2) is 14.8 Å². The molecule has 2 heterocycles. The summed E-state index contributed by atoms with van der Waals surface area (Å²) in [6.45, 7) is 0. The van der Waals surface area contributed by atoms with Crippen LogP contribution in [-0.4, -0.2) is 26.2 Å². The Morgan fingerprint density at radius 1 is 1.16 bits per heavy atom. The van der Waals surface area contributed by atoms with E-state index >= 15 is 0 Å². The summed E-state index contributed by atoms with van der Waals surface area (Å²) in [6, 6.07) is 0.736. The lowest BCUT2D eigenvalue weighted by Crippen LogP contribution is -2.20. The molecule has 0 aliphatic heterocycles. The topological polar surface area (TPSA) is 92.7 Å². The molecule has 2 amide bonds. The first-order valence-corrected chi connectivity index (χ1v) is 5.52. The van der Waals surface area contributed by atoms with Crippen LogP contribution in [-0.2, 0) is 6.18 Å². The summed E-state index contributed by atoms with van der Waals surface area (Å²) in [4.78, 5) is 18.8. The Kier molecular flexibility index (Phi) is 3.55. The number of halogens is 3. The van der Waals surface area contributed by atoms with E-state index in [0.29, 0.717) is 0 Å². The number of alkyl halides is 3. The maximum absolute atomic E-state index is 12.2. The van der Waals surface area contributed by atoms with Gasteiger partial charge in [0, 0.05) is 12.4 Å². The maximum atomic E-state index is 12.2. The summed E-state index contributed by atoms with van der Waals surface area (Å²) in [5.41, 5.74) is 0. The van der Waals surface area contributed by atoms with E-state index in [1.807, 2.05) is 0 Å². The van der Waals surface area contributed by atoms with Gasteiger partial charge in [-0.15, -0.1) is 10.2 Å². The first kappa shape index (κ1) is 13.1. The summed E-state index contributed by atoms with van der Waals surface area (Å²) < 4.78 is 36.7. The Morgan fingerprint density at radius 3 is 2.42 bits per heavy atom. The number of hydrogen-bond acceptors (Lipinski definition) is 6. The van der Waals surface area contributed by atoms with E-state index in [4.69, 9.17) is 0 Å². The quantitative estimate of drug-likeness (QED) is 0.882. The number of anilines is 2. The molecule has 0 spiro atoms. The molecule has 0 saturated carbocycles. The molecule has 2 N–H and O–H groups in total. The van der Waals surface area contributed by atoms with Gasteiger partial charge in [-0.05, 0) is 6.07 Å². The highest BCUT2D eigenvalue weighted by molar-refractivity contribution is 7.15. The van der Waals surface area contributed by atoms with Crippen LogP contribution in [0, 0.1) is 0 Å². The molecule has 11 heteroatoms. The fourth-order valence-electron chi connectivity index (χ4n) is 0.982. The minimum Gasteiger partial charge on any atom is -0.282 e. The summed E-state index contributed by atoms with van der Waals surface area (Å²) in [6.07, 6.45) is -1.79. The lowest BCUT2D eigenvalue weighted by atomic mass is 10.7. The van der Waals surface area contributed by atoms with Crippen LogP contribution < -0.4 is 10.6 Å². The highest BCUT2D eigenvalue weighted by Crippen LogP contribution is 2.32.